The van der Waals surface area contributed by atoms with Gasteiger partial charge in [-0.15, -0.1) is 0 Å². The van der Waals surface area contributed by atoms with Crippen LogP contribution in [0.5, 0.6) is 5.75 Å². The van der Waals surface area contributed by atoms with Gasteiger partial charge in [0.2, 0.25) is 0 Å². The van der Waals surface area contributed by atoms with Gasteiger partial charge in [0, 0.05) is 5.56 Å². The highest BCUT2D eigenvalue weighted by atomic mass is 19.1. The van der Waals surface area contributed by atoms with E-state index in [2.05, 4.69) is 12.2 Å². The zero-order valence-corrected chi connectivity index (χ0v) is 16.6. The summed E-state index contributed by atoms with van der Waals surface area (Å²) in [6.07, 6.45) is 1.93. The van der Waals surface area contributed by atoms with Gasteiger partial charge < -0.3 is 10.1 Å². The van der Waals surface area contributed by atoms with Crippen LogP contribution in [-0.2, 0) is 16.8 Å². The first-order valence-electron chi connectivity index (χ1n) is 9.40. The molecule has 1 fully saturated rings. The largest absolute Gasteiger partial charge is 0.494 e. The highest BCUT2D eigenvalue weighted by Crippen LogP contribution is 2.29. The summed E-state index contributed by atoms with van der Waals surface area (Å²) in [5.74, 6) is -1.74. The smallest absolute Gasteiger partial charge is 0.325 e. The van der Waals surface area contributed by atoms with Gasteiger partial charge in [-0.05, 0) is 42.7 Å². The van der Waals surface area contributed by atoms with Crippen molar-refractivity contribution in [2.24, 2.45) is 0 Å². The lowest BCUT2D eigenvalue weighted by Gasteiger charge is -2.22. The number of aryl methyl sites for hydroxylation is 1. The first-order chi connectivity index (χ1) is 13.8. The number of carbonyl (C=O) groups excluding carboxylic acids is 3. The van der Waals surface area contributed by atoms with Crippen molar-refractivity contribution in [3.63, 3.8) is 0 Å². The van der Waals surface area contributed by atoms with Crippen LogP contribution in [-0.4, -0.2) is 36.3 Å². The van der Waals surface area contributed by atoms with Crippen LogP contribution in [0.15, 0.2) is 42.5 Å². The predicted molar refractivity (Wildman–Crippen MR) is 105 cm³/mol. The van der Waals surface area contributed by atoms with Crippen LogP contribution >= 0.6 is 0 Å². The Labute approximate surface area is 168 Å². The molecule has 0 bridgehead atoms. The number of amides is 3. The number of nitrogens with zero attached hydrogens (tertiary/aromatic N) is 1. The highest BCUT2D eigenvalue weighted by Gasteiger charge is 2.49. The summed E-state index contributed by atoms with van der Waals surface area (Å²) in [6, 6.07) is 10.6. The van der Waals surface area contributed by atoms with Crippen LogP contribution in [0, 0.1) is 5.82 Å². The minimum Gasteiger partial charge on any atom is -0.494 e. The molecule has 2 aromatic carbocycles. The summed E-state index contributed by atoms with van der Waals surface area (Å²) in [4.78, 5) is 38.8. The summed E-state index contributed by atoms with van der Waals surface area (Å²) in [5, 5.41) is 2.68. The van der Waals surface area contributed by atoms with Gasteiger partial charge in [-0.1, -0.05) is 37.6 Å². The van der Waals surface area contributed by atoms with Crippen molar-refractivity contribution in [1.82, 2.24) is 10.2 Å². The van der Waals surface area contributed by atoms with E-state index >= 15 is 0 Å². The number of Topliss-reactive ketones (excluding diaryl/α,β-unsaturated/α-hetero) is 1. The monoisotopic (exact) mass is 398 g/mol. The molecule has 1 aliphatic rings. The first kappa shape index (κ1) is 20.5. The second-order valence-corrected chi connectivity index (χ2v) is 7.17. The predicted octanol–water partition coefficient (Wildman–Crippen LogP) is 3.44. The minimum absolute atomic E-state index is 0.00985. The van der Waals surface area contributed by atoms with Gasteiger partial charge in [0.25, 0.3) is 5.91 Å². The molecule has 2 aromatic rings. The van der Waals surface area contributed by atoms with Gasteiger partial charge in [0.05, 0.1) is 13.7 Å². The third kappa shape index (κ3) is 3.85. The molecule has 1 atom stereocenters. The molecule has 0 spiro atoms. The van der Waals surface area contributed by atoms with E-state index in [0.717, 1.165) is 29.4 Å². The number of nitrogens with one attached hydrogen (secondary N) is 1. The fourth-order valence-electron chi connectivity index (χ4n) is 3.40. The van der Waals surface area contributed by atoms with Crippen molar-refractivity contribution in [3.8, 4) is 5.75 Å². The molecule has 29 heavy (non-hydrogen) atoms. The lowest BCUT2D eigenvalue weighted by Crippen LogP contribution is -2.41. The average molecular weight is 398 g/mol. The molecule has 152 valence electrons. The zero-order chi connectivity index (χ0) is 21.2. The maximum atomic E-state index is 13.9. The maximum absolute atomic E-state index is 13.9. The highest BCUT2D eigenvalue weighted by molar-refractivity contribution is 6.11. The molecule has 3 amide bonds. The Morgan fingerprint density at radius 3 is 2.45 bits per heavy atom. The van der Waals surface area contributed by atoms with E-state index in [1.807, 2.05) is 24.3 Å². The SMILES string of the molecule is CCCc1ccc([C@@]2(C)NC(=O)N(CC(=O)c3ccc(OC)c(F)c3)C2=O)cc1. The number of benzene rings is 2. The Bertz CT molecular complexity index is 958. The summed E-state index contributed by atoms with van der Waals surface area (Å²) in [5.41, 5.74) is 0.584. The molecule has 0 aromatic heterocycles. The summed E-state index contributed by atoms with van der Waals surface area (Å²) in [7, 11) is 1.32. The van der Waals surface area contributed by atoms with Gasteiger partial charge in [0.1, 0.15) is 5.54 Å². The van der Waals surface area contributed by atoms with Gasteiger partial charge in [-0.25, -0.2) is 9.18 Å². The fraction of sp³-hybridized carbons (Fsp3) is 0.318. The third-order valence-corrected chi connectivity index (χ3v) is 5.12. The maximum Gasteiger partial charge on any atom is 0.325 e. The standard InChI is InChI=1S/C22H23FN2O4/c1-4-5-14-6-9-16(10-7-14)22(2)20(27)25(21(28)24-22)13-18(26)15-8-11-19(29-3)17(23)12-15/h6-12H,4-5,13H2,1-3H3,(H,24,28)/t22-/m1/s1. The Hall–Kier alpha value is -3.22. The lowest BCUT2D eigenvalue weighted by molar-refractivity contribution is -0.130. The molecule has 0 aliphatic carbocycles. The van der Waals surface area contributed by atoms with E-state index in [4.69, 9.17) is 4.74 Å². The number of halogens is 1. The number of methoxy groups -OCH3 is 1. The number of ether oxygens (including phenoxy) is 1. The van der Waals surface area contributed by atoms with E-state index < -0.39 is 35.6 Å². The Morgan fingerprint density at radius 2 is 1.86 bits per heavy atom. The zero-order valence-electron chi connectivity index (χ0n) is 16.6. The van der Waals surface area contributed by atoms with Gasteiger partial charge >= 0.3 is 6.03 Å². The van der Waals surface area contributed by atoms with Crippen LogP contribution < -0.4 is 10.1 Å². The van der Waals surface area contributed by atoms with E-state index in [-0.39, 0.29) is 11.3 Å². The molecule has 0 saturated carbocycles. The van der Waals surface area contributed by atoms with Crippen molar-refractivity contribution in [3.05, 3.63) is 65.0 Å². The Kier molecular flexibility index (Phi) is 5.68. The molecule has 0 radical (unpaired) electrons. The molecule has 0 unspecified atom stereocenters. The van der Waals surface area contributed by atoms with Crippen molar-refractivity contribution in [2.45, 2.75) is 32.2 Å². The van der Waals surface area contributed by atoms with Crippen molar-refractivity contribution in [2.75, 3.05) is 13.7 Å². The topological polar surface area (TPSA) is 75.7 Å². The van der Waals surface area contributed by atoms with Crippen LogP contribution in [0.2, 0.25) is 0 Å². The molecule has 3 rings (SSSR count). The van der Waals surface area contributed by atoms with Crippen LogP contribution in [0.3, 0.4) is 0 Å². The molecule has 1 saturated heterocycles. The lowest BCUT2D eigenvalue weighted by atomic mass is 9.91. The Balaban J connectivity index is 1.79. The number of urea groups is 1. The molecule has 1 aliphatic heterocycles. The summed E-state index contributed by atoms with van der Waals surface area (Å²) in [6.45, 7) is 3.22. The second kappa shape index (κ2) is 8.03. The van der Waals surface area contributed by atoms with Crippen molar-refractivity contribution in [1.29, 1.82) is 0 Å². The number of hydrogen-bond donors (Lipinski definition) is 1. The number of rotatable bonds is 7. The van der Waals surface area contributed by atoms with Gasteiger partial charge in [-0.3, -0.25) is 14.5 Å². The van der Waals surface area contributed by atoms with Crippen molar-refractivity contribution >= 4 is 17.7 Å². The normalized spacial score (nSPS) is 18.7. The van der Waals surface area contributed by atoms with E-state index in [1.165, 1.54) is 19.2 Å². The van der Waals surface area contributed by atoms with Crippen LogP contribution in [0.4, 0.5) is 9.18 Å². The number of imide groups is 1. The summed E-state index contributed by atoms with van der Waals surface area (Å²) < 4.78 is 18.7. The summed E-state index contributed by atoms with van der Waals surface area (Å²) >= 11 is 0. The fourth-order valence-corrected chi connectivity index (χ4v) is 3.40. The van der Waals surface area contributed by atoms with Gasteiger partial charge in [-0.2, -0.15) is 0 Å². The molecular formula is C22H23FN2O4. The third-order valence-electron chi connectivity index (χ3n) is 5.12. The first-order valence-corrected chi connectivity index (χ1v) is 9.40. The van der Waals surface area contributed by atoms with Crippen LogP contribution in [0.25, 0.3) is 0 Å². The Morgan fingerprint density at radius 1 is 1.17 bits per heavy atom. The van der Waals surface area contributed by atoms with Crippen molar-refractivity contribution < 1.29 is 23.5 Å². The van der Waals surface area contributed by atoms with Gasteiger partial charge in [0.15, 0.2) is 17.3 Å². The van der Waals surface area contributed by atoms with E-state index in [1.54, 1.807) is 6.92 Å². The average Bonchev–Trinajstić information content (AvgIpc) is 2.92. The quantitative estimate of drug-likeness (QED) is 0.573. The molecule has 1 heterocycles. The molecular weight excluding hydrogens is 375 g/mol. The molecule has 7 heteroatoms. The number of carbonyl (C=O) groups is 3. The second-order valence-electron chi connectivity index (χ2n) is 7.17. The number of hydrogen-bond acceptors (Lipinski definition) is 4. The molecule has 6 nitrogen and oxygen atoms in total. The minimum atomic E-state index is -1.26. The molecule has 1 N–H and O–H groups in total. The van der Waals surface area contributed by atoms with E-state index in [0.29, 0.717) is 5.56 Å². The van der Waals surface area contributed by atoms with Crippen LogP contribution in [0.1, 0.15) is 41.8 Å². The van der Waals surface area contributed by atoms with E-state index in [9.17, 15) is 18.8 Å². The number of ketones is 1.